The van der Waals surface area contributed by atoms with Gasteiger partial charge in [-0.15, -0.1) is 0 Å². The minimum absolute atomic E-state index is 0.288. The SMILES string of the molecule is Cn1ccc(C2(O)CCN3CCCCC32)n1. The first-order chi connectivity index (χ1) is 7.70. The molecule has 0 spiro atoms. The number of hydrogen-bond acceptors (Lipinski definition) is 3. The lowest BCUT2D eigenvalue weighted by Crippen LogP contribution is -2.45. The van der Waals surface area contributed by atoms with Crippen LogP contribution in [0.3, 0.4) is 0 Å². The van der Waals surface area contributed by atoms with E-state index in [1.54, 1.807) is 4.68 Å². The van der Waals surface area contributed by atoms with E-state index >= 15 is 0 Å². The Labute approximate surface area is 95.9 Å². The highest BCUT2D eigenvalue weighted by Crippen LogP contribution is 2.41. The van der Waals surface area contributed by atoms with E-state index in [2.05, 4.69) is 10.00 Å². The third-order valence-electron chi connectivity index (χ3n) is 4.10. The number of fused-ring (bicyclic) bond motifs is 1. The van der Waals surface area contributed by atoms with Gasteiger partial charge in [0.15, 0.2) is 0 Å². The van der Waals surface area contributed by atoms with Crippen molar-refractivity contribution < 1.29 is 5.11 Å². The maximum Gasteiger partial charge on any atom is 0.125 e. The summed E-state index contributed by atoms with van der Waals surface area (Å²) in [5, 5.41) is 15.2. The van der Waals surface area contributed by atoms with Crippen LogP contribution in [0.1, 0.15) is 31.4 Å². The van der Waals surface area contributed by atoms with Crippen LogP contribution >= 0.6 is 0 Å². The summed E-state index contributed by atoms with van der Waals surface area (Å²) >= 11 is 0. The van der Waals surface area contributed by atoms with Crippen LogP contribution < -0.4 is 0 Å². The number of rotatable bonds is 1. The van der Waals surface area contributed by atoms with E-state index in [1.807, 2.05) is 19.3 Å². The average Bonchev–Trinajstić information content (AvgIpc) is 2.86. The van der Waals surface area contributed by atoms with Gasteiger partial charge in [-0.3, -0.25) is 9.58 Å². The average molecular weight is 221 g/mol. The number of piperidine rings is 1. The molecule has 4 heteroatoms. The Balaban J connectivity index is 1.92. The molecule has 0 amide bonds. The highest BCUT2D eigenvalue weighted by molar-refractivity contribution is 5.18. The van der Waals surface area contributed by atoms with Crippen LogP contribution in [0.15, 0.2) is 12.3 Å². The van der Waals surface area contributed by atoms with Crippen molar-refractivity contribution in [2.45, 2.75) is 37.3 Å². The van der Waals surface area contributed by atoms with Crippen LogP contribution in [0, 0.1) is 0 Å². The molecule has 1 aromatic heterocycles. The molecule has 0 saturated carbocycles. The summed E-state index contributed by atoms with van der Waals surface area (Å²) in [4.78, 5) is 2.43. The fraction of sp³-hybridized carbons (Fsp3) is 0.750. The Hall–Kier alpha value is -0.870. The second-order valence-electron chi connectivity index (χ2n) is 5.10. The van der Waals surface area contributed by atoms with Crippen LogP contribution in [-0.2, 0) is 12.6 Å². The maximum atomic E-state index is 10.9. The second-order valence-corrected chi connectivity index (χ2v) is 5.10. The molecular weight excluding hydrogens is 202 g/mol. The van der Waals surface area contributed by atoms with Gasteiger partial charge >= 0.3 is 0 Å². The summed E-state index contributed by atoms with van der Waals surface area (Å²) in [6.07, 6.45) is 6.35. The van der Waals surface area contributed by atoms with Crippen molar-refractivity contribution in [1.29, 1.82) is 0 Å². The molecule has 2 atom stereocenters. The molecule has 88 valence electrons. The largest absolute Gasteiger partial charge is 0.382 e. The van der Waals surface area contributed by atoms with Gasteiger partial charge in [0, 0.05) is 25.8 Å². The fourth-order valence-electron chi connectivity index (χ4n) is 3.22. The molecule has 4 nitrogen and oxygen atoms in total. The molecule has 1 aromatic rings. The Morgan fingerprint density at radius 3 is 3.06 bits per heavy atom. The summed E-state index contributed by atoms with van der Waals surface area (Å²) in [6.45, 7) is 2.15. The van der Waals surface area contributed by atoms with Gasteiger partial charge in [-0.1, -0.05) is 6.42 Å². The molecule has 16 heavy (non-hydrogen) atoms. The molecule has 0 aliphatic carbocycles. The summed E-state index contributed by atoms with van der Waals surface area (Å²) in [6, 6.07) is 2.24. The first-order valence-corrected chi connectivity index (χ1v) is 6.17. The van der Waals surface area contributed by atoms with E-state index in [4.69, 9.17) is 0 Å². The van der Waals surface area contributed by atoms with Crippen LogP contribution in [0.25, 0.3) is 0 Å². The maximum absolute atomic E-state index is 10.9. The molecule has 2 fully saturated rings. The third kappa shape index (κ3) is 1.40. The predicted octanol–water partition coefficient (Wildman–Crippen LogP) is 0.866. The highest BCUT2D eigenvalue weighted by Gasteiger charge is 2.49. The van der Waals surface area contributed by atoms with Crippen molar-refractivity contribution in [3.05, 3.63) is 18.0 Å². The second kappa shape index (κ2) is 3.57. The van der Waals surface area contributed by atoms with E-state index in [0.29, 0.717) is 0 Å². The molecule has 3 heterocycles. The van der Waals surface area contributed by atoms with E-state index in [1.165, 1.54) is 12.8 Å². The monoisotopic (exact) mass is 221 g/mol. The quantitative estimate of drug-likeness (QED) is 0.765. The summed E-state index contributed by atoms with van der Waals surface area (Å²) in [7, 11) is 1.90. The molecule has 3 rings (SSSR count). The molecule has 2 unspecified atom stereocenters. The lowest BCUT2D eigenvalue weighted by molar-refractivity contribution is -0.0176. The fourth-order valence-corrected chi connectivity index (χ4v) is 3.22. The number of aromatic nitrogens is 2. The molecule has 0 aromatic carbocycles. The molecule has 0 radical (unpaired) electrons. The van der Waals surface area contributed by atoms with Crippen LogP contribution in [0.4, 0.5) is 0 Å². The standard InChI is InChI=1S/C12H19N3O/c1-14-8-5-10(13-14)12(16)6-9-15-7-3-2-4-11(12)15/h5,8,11,16H,2-4,6-7,9H2,1H3. The van der Waals surface area contributed by atoms with Gasteiger partial charge in [0.2, 0.25) is 0 Å². The van der Waals surface area contributed by atoms with Gasteiger partial charge in [-0.05, 0) is 31.9 Å². The van der Waals surface area contributed by atoms with E-state index in [-0.39, 0.29) is 6.04 Å². The van der Waals surface area contributed by atoms with Gasteiger partial charge in [-0.2, -0.15) is 5.10 Å². The van der Waals surface area contributed by atoms with Crippen molar-refractivity contribution in [3.8, 4) is 0 Å². The van der Waals surface area contributed by atoms with Gasteiger partial charge in [0.05, 0.1) is 5.69 Å². The van der Waals surface area contributed by atoms with Crippen molar-refractivity contribution in [3.63, 3.8) is 0 Å². The van der Waals surface area contributed by atoms with Gasteiger partial charge in [0.1, 0.15) is 5.60 Å². The lowest BCUT2D eigenvalue weighted by Gasteiger charge is -2.36. The topological polar surface area (TPSA) is 41.3 Å². The molecule has 2 saturated heterocycles. The molecular formula is C12H19N3O. The first kappa shape index (κ1) is 10.3. The summed E-state index contributed by atoms with van der Waals surface area (Å²) in [5.74, 6) is 0. The zero-order valence-electron chi connectivity index (χ0n) is 9.76. The number of aliphatic hydroxyl groups is 1. The highest BCUT2D eigenvalue weighted by atomic mass is 16.3. The lowest BCUT2D eigenvalue weighted by atomic mass is 9.86. The van der Waals surface area contributed by atoms with Gasteiger partial charge < -0.3 is 5.11 Å². The smallest absolute Gasteiger partial charge is 0.125 e. The van der Waals surface area contributed by atoms with E-state index in [0.717, 1.165) is 31.6 Å². The van der Waals surface area contributed by atoms with Gasteiger partial charge in [0.25, 0.3) is 0 Å². The zero-order chi connectivity index (χ0) is 11.2. The number of aryl methyl sites for hydroxylation is 1. The first-order valence-electron chi connectivity index (χ1n) is 6.17. The van der Waals surface area contributed by atoms with Crippen molar-refractivity contribution in [2.75, 3.05) is 13.1 Å². The van der Waals surface area contributed by atoms with Crippen LogP contribution in [0.5, 0.6) is 0 Å². The minimum atomic E-state index is -0.707. The van der Waals surface area contributed by atoms with Crippen molar-refractivity contribution in [2.24, 2.45) is 7.05 Å². The normalized spacial score (nSPS) is 35.2. The predicted molar refractivity (Wildman–Crippen MR) is 60.9 cm³/mol. The Morgan fingerprint density at radius 2 is 2.31 bits per heavy atom. The Bertz CT molecular complexity index is 389. The Kier molecular flexibility index (Phi) is 2.30. The van der Waals surface area contributed by atoms with Crippen molar-refractivity contribution >= 4 is 0 Å². The van der Waals surface area contributed by atoms with E-state index in [9.17, 15) is 5.11 Å². The summed E-state index contributed by atoms with van der Waals surface area (Å²) in [5.41, 5.74) is 0.145. The molecule has 2 aliphatic rings. The third-order valence-corrected chi connectivity index (χ3v) is 4.10. The molecule has 1 N–H and O–H groups in total. The molecule has 0 bridgehead atoms. The van der Waals surface area contributed by atoms with E-state index < -0.39 is 5.60 Å². The Morgan fingerprint density at radius 1 is 1.44 bits per heavy atom. The van der Waals surface area contributed by atoms with Crippen molar-refractivity contribution in [1.82, 2.24) is 14.7 Å². The molecule has 2 aliphatic heterocycles. The minimum Gasteiger partial charge on any atom is -0.382 e. The van der Waals surface area contributed by atoms with Gasteiger partial charge in [-0.25, -0.2) is 0 Å². The van der Waals surface area contributed by atoms with Crippen LogP contribution in [0.2, 0.25) is 0 Å². The number of nitrogens with zero attached hydrogens (tertiary/aromatic N) is 3. The zero-order valence-corrected chi connectivity index (χ0v) is 9.76. The summed E-state index contributed by atoms with van der Waals surface area (Å²) < 4.78 is 1.78. The van der Waals surface area contributed by atoms with Crippen LogP contribution in [-0.4, -0.2) is 38.9 Å². The number of hydrogen-bond donors (Lipinski definition) is 1.